The lowest BCUT2D eigenvalue weighted by molar-refractivity contribution is -0.122. The molecule has 2 amide bonds. The number of carbonyl (C=O) groups is 2. The van der Waals surface area contributed by atoms with E-state index >= 15 is 0 Å². The number of amides is 2. The SMILES string of the molecule is CC1(C)C(=O)N(CCO)c2cc(-c3cn(-c4ccncc4F)cn3)ccc21.Cc1cc(-n2cnc(-c3ccc4c(c3)N(CCCS(=O)(=O)C3CC3)C(=O)C4(C)C)c2)c(F)cn1. The highest BCUT2D eigenvalue weighted by atomic mass is 32.2. The van der Waals surface area contributed by atoms with E-state index in [1.807, 2.05) is 64.1 Å². The zero-order valence-electron chi connectivity index (χ0n) is 34.5. The number of halogens is 2. The largest absolute Gasteiger partial charge is 0.395 e. The molecule has 0 bridgehead atoms. The molecule has 0 atom stereocenters. The number of rotatable bonds is 11. The van der Waals surface area contributed by atoms with Gasteiger partial charge in [0.25, 0.3) is 0 Å². The number of benzene rings is 2. The van der Waals surface area contributed by atoms with Gasteiger partial charge in [-0.15, -0.1) is 0 Å². The van der Waals surface area contributed by atoms with Crippen LogP contribution in [0.15, 0.2) is 92.2 Å². The summed E-state index contributed by atoms with van der Waals surface area (Å²) in [4.78, 5) is 45.8. The first kappa shape index (κ1) is 41.6. The van der Waals surface area contributed by atoms with Gasteiger partial charge in [0.1, 0.15) is 12.7 Å². The van der Waals surface area contributed by atoms with Crippen molar-refractivity contribution in [3.63, 3.8) is 0 Å². The molecule has 0 saturated heterocycles. The number of fused-ring (bicyclic) bond motifs is 2. The molecule has 1 saturated carbocycles. The van der Waals surface area contributed by atoms with E-state index in [2.05, 4.69) is 19.9 Å². The van der Waals surface area contributed by atoms with Gasteiger partial charge < -0.3 is 24.0 Å². The first-order valence-electron chi connectivity index (χ1n) is 20.1. The van der Waals surface area contributed by atoms with Gasteiger partial charge in [0.2, 0.25) is 11.8 Å². The van der Waals surface area contributed by atoms with Crippen LogP contribution in [0.1, 0.15) is 63.8 Å². The standard InChI is InChI=1S/C25H27FN4O3S.C20H19FN4O2/c1-16-11-23(20(26)13-27-16)29-14-21(28-15-29)17-5-8-19-22(12-17)30(24(31)25(19,2)3)9-4-10-34(32,33)18-6-7-18;1-20(2)14-4-3-13(9-18(14)25(7-8-26)19(20)27)16-11-24(12-23-16)17-5-6-22-10-15(17)21/h5,8,11-15,18H,4,6-7,9-10H2,1-3H3;3-6,9-12,26H,7-8H2,1-2H3. The smallest absolute Gasteiger partial charge is 0.237 e. The van der Waals surface area contributed by atoms with E-state index in [-0.39, 0.29) is 36.0 Å². The zero-order chi connectivity index (χ0) is 43.4. The lowest BCUT2D eigenvalue weighted by atomic mass is 9.86. The quantitative estimate of drug-likeness (QED) is 0.151. The second kappa shape index (κ2) is 15.7. The normalized spacial score (nSPS) is 16.4. The highest BCUT2D eigenvalue weighted by molar-refractivity contribution is 7.92. The van der Waals surface area contributed by atoms with Gasteiger partial charge in [0.05, 0.1) is 63.6 Å². The predicted molar refractivity (Wildman–Crippen MR) is 228 cm³/mol. The maximum atomic E-state index is 14.3. The van der Waals surface area contributed by atoms with Crippen molar-refractivity contribution in [2.24, 2.45) is 0 Å². The van der Waals surface area contributed by atoms with E-state index in [1.54, 1.807) is 63.0 Å². The fourth-order valence-electron chi connectivity index (χ4n) is 8.08. The fourth-order valence-corrected chi connectivity index (χ4v) is 9.80. The van der Waals surface area contributed by atoms with Crippen molar-refractivity contribution in [1.82, 2.24) is 29.1 Å². The monoisotopic (exact) mass is 848 g/mol. The maximum Gasteiger partial charge on any atom is 0.237 e. The van der Waals surface area contributed by atoms with Crippen LogP contribution in [0.25, 0.3) is 33.9 Å². The molecule has 316 valence electrons. The average molecular weight is 849 g/mol. The van der Waals surface area contributed by atoms with Crippen molar-refractivity contribution in [2.45, 2.75) is 70.0 Å². The van der Waals surface area contributed by atoms with Gasteiger partial charge in [-0.25, -0.2) is 27.2 Å². The van der Waals surface area contributed by atoms with Crippen molar-refractivity contribution < 1.29 is 31.9 Å². The summed E-state index contributed by atoms with van der Waals surface area (Å²) in [5, 5.41) is 9.14. The number of aliphatic hydroxyl groups is 1. The van der Waals surface area contributed by atoms with Gasteiger partial charge in [0.15, 0.2) is 21.5 Å². The molecule has 2 aliphatic heterocycles. The van der Waals surface area contributed by atoms with Crippen LogP contribution in [-0.2, 0) is 30.3 Å². The number of aliphatic hydroxyl groups excluding tert-OH is 1. The summed E-state index contributed by atoms with van der Waals surface area (Å²) in [6, 6.07) is 14.7. The second-order valence-electron chi connectivity index (χ2n) is 16.7. The van der Waals surface area contributed by atoms with Crippen molar-refractivity contribution in [3.8, 4) is 33.9 Å². The van der Waals surface area contributed by atoms with Crippen LogP contribution in [0.5, 0.6) is 0 Å². The molecule has 2 aromatic carbocycles. The van der Waals surface area contributed by atoms with E-state index in [4.69, 9.17) is 0 Å². The number of anilines is 2. The number of β-amino-alcohol motifs (C(OH)–C–C–N with tert-alkyl or cyclic N) is 1. The Bertz CT molecular complexity index is 2800. The van der Waals surface area contributed by atoms with E-state index in [0.29, 0.717) is 41.4 Å². The molecular weight excluding hydrogens is 803 g/mol. The molecule has 1 aliphatic carbocycles. The molecule has 16 heteroatoms. The Labute approximate surface area is 352 Å². The number of imidazole rings is 2. The molecule has 0 spiro atoms. The van der Waals surface area contributed by atoms with Gasteiger partial charge in [-0.1, -0.05) is 24.3 Å². The molecule has 4 aromatic heterocycles. The minimum absolute atomic E-state index is 0.0342. The molecule has 1 fully saturated rings. The molecule has 0 unspecified atom stereocenters. The van der Waals surface area contributed by atoms with Gasteiger partial charge in [0, 0.05) is 59.9 Å². The number of sulfone groups is 1. The number of hydrogen-bond acceptors (Lipinski definition) is 9. The number of nitrogens with zero attached hydrogens (tertiary/aromatic N) is 8. The number of aryl methyl sites for hydroxylation is 1. The molecule has 3 aliphatic rings. The first-order chi connectivity index (χ1) is 29.0. The summed E-state index contributed by atoms with van der Waals surface area (Å²) < 4.78 is 56.0. The zero-order valence-corrected chi connectivity index (χ0v) is 35.3. The van der Waals surface area contributed by atoms with E-state index in [9.17, 15) is 31.9 Å². The Morgan fingerprint density at radius 3 is 1.80 bits per heavy atom. The third kappa shape index (κ3) is 7.74. The topological polar surface area (TPSA) is 156 Å². The Morgan fingerprint density at radius 1 is 0.721 bits per heavy atom. The Morgan fingerprint density at radius 2 is 1.26 bits per heavy atom. The summed E-state index contributed by atoms with van der Waals surface area (Å²) in [5.74, 6) is -0.852. The van der Waals surface area contributed by atoms with Crippen LogP contribution < -0.4 is 9.80 Å². The number of carbonyl (C=O) groups excluding carboxylic acids is 2. The number of pyridine rings is 2. The molecule has 6 heterocycles. The van der Waals surface area contributed by atoms with Crippen LogP contribution in [0.4, 0.5) is 20.2 Å². The van der Waals surface area contributed by atoms with Gasteiger partial charge in [-0.2, -0.15) is 0 Å². The summed E-state index contributed by atoms with van der Waals surface area (Å²) in [5.41, 5.74) is 6.39. The highest BCUT2D eigenvalue weighted by Crippen LogP contribution is 2.45. The maximum absolute atomic E-state index is 14.3. The van der Waals surface area contributed by atoms with Crippen LogP contribution in [-0.4, -0.2) is 85.1 Å². The van der Waals surface area contributed by atoms with E-state index in [0.717, 1.165) is 52.7 Å². The van der Waals surface area contributed by atoms with Gasteiger partial charge >= 0.3 is 0 Å². The predicted octanol–water partition coefficient (Wildman–Crippen LogP) is 6.66. The Kier molecular flexibility index (Phi) is 10.7. The molecule has 1 N–H and O–H groups in total. The highest BCUT2D eigenvalue weighted by Gasteiger charge is 2.45. The summed E-state index contributed by atoms with van der Waals surface area (Å²) in [6.07, 6.45) is 12.3. The number of aromatic nitrogens is 6. The van der Waals surface area contributed by atoms with Crippen LogP contribution >= 0.6 is 0 Å². The molecule has 6 aromatic rings. The van der Waals surface area contributed by atoms with Crippen molar-refractivity contribution in [2.75, 3.05) is 35.2 Å². The molecule has 13 nitrogen and oxygen atoms in total. The Balaban J connectivity index is 0.000000173. The van der Waals surface area contributed by atoms with Gasteiger partial charge in [-0.3, -0.25) is 19.6 Å². The van der Waals surface area contributed by atoms with Crippen molar-refractivity contribution >= 4 is 33.0 Å². The molecule has 0 radical (unpaired) electrons. The summed E-state index contributed by atoms with van der Waals surface area (Å²) in [7, 11) is -3.07. The van der Waals surface area contributed by atoms with E-state index < -0.39 is 32.3 Å². The first-order valence-corrected chi connectivity index (χ1v) is 21.8. The van der Waals surface area contributed by atoms with Crippen LogP contribution in [0.2, 0.25) is 0 Å². The third-order valence-corrected chi connectivity index (χ3v) is 14.0. The Hall–Kier alpha value is -6.13. The van der Waals surface area contributed by atoms with Crippen LogP contribution in [0, 0.1) is 18.6 Å². The second-order valence-corrected chi connectivity index (χ2v) is 19.1. The molecule has 9 rings (SSSR count). The third-order valence-electron chi connectivity index (χ3n) is 11.7. The lowest BCUT2D eigenvalue weighted by Gasteiger charge is -2.20. The average Bonchev–Trinajstić information content (AvgIpc) is 3.67. The van der Waals surface area contributed by atoms with Crippen molar-refractivity contribution in [3.05, 3.63) is 121 Å². The number of hydrogen-bond donors (Lipinski definition) is 1. The van der Waals surface area contributed by atoms with Crippen molar-refractivity contribution in [1.29, 1.82) is 0 Å². The minimum Gasteiger partial charge on any atom is -0.395 e. The lowest BCUT2D eigenvalue weighted by Crippen LogP contribution is -2.37. The fraction of sp³-hybridized carbons (Fsp3) is 0.333. The molecular formula is C45H46F2N8O5S. The molecule has 61 heavy (non-hydrogen) atoms. The minimum atomic E-state index is -3.07. The van der Waals surface area contributed by atoms with Gasteiger partial charge in [-0.05, 0) is 89.3 Å². The summed E-state index contributed by atoms with van der Waals surface area (Å²) in [6.45, 7) is 9.82. The van der Waals surface area contributed by atoms with E-state index in [1.165, 1.54) is 12.4 Å². The summed E-state index contributed by atoms with van der Waals surface area (Å²) >= 11 is 0. The van der Waals surface area contributed by atoms with Crippen LogP contribution in [0.3, 0.4) is 0 Å².